The Balaban J connectivity index is 4.20. The molecule has 0 aromatic carbocycles. The van der Waals surface area contributed by atoms with E-state index in [1.54, 1.807) is 13.8 Å². The summed E-state index contributed by atoms with van der Waals surface area (Å²) < 4.78 is 14.4. The van der Waals surface area contributed by atoms with Gasteiger partial charge in [-0.05, 0) is 26.3 Å². The lowest BCUT2D eigenvalue weighted by molar-refractivity contribution is 0.241. The van der Waals surface area contributed by atoms with Crippen LogP contribution in [0.1, 0.15) is 20.8 Å². The van der Waals surface area contributed by atoms with Crippen molar-refractivity contribution in [2.75, 3.05) is 0 Å². The van der Waals surface area contributed by atoms with E-state index in [4.69, 9.17) is 9.79 Å². The minimum absolute atomic E-state index is 0.272. The van der Waals surface area contributed by atoms with Crippen LogP contribution in [0.2, 0.25) is 0 Å². The van der Waals surface area contributed by atoms with Gasteiger partial charge in [0.15, 0.2) is 0 Å². The second-order valence-corrected chi connectivity index (χ2v) is 3.30. The van der Waals surface area contributed by atoms with E-state index >= 15 is 0 Å². The van der Waals surface area contributed by atoms with Gasteiger partial charge in [-0.15, -0.1) is 0 Å². The van der Waals surface area contributed by atoms with Crippen LogP contribution in [0.15, 0.2) is 11.3 Å². The van der Waals surface area contributed by atoms with Crippen LogP contribution in [0.5, 0.6) is 0 Å². The third-order valence-electron chi connectivity index (χ3n) is 0.960. The van der Waals surface area contributed by atoms with Crippen molar-refractivity contribution in [3.63, 3.8) is 0 Å². The summed E-state index contributed by atoms with van der Waals surface area (Å²) in [6.07, 6.45) is 0. The predicted octanol–water partition coefficient (Wildman–Crippen LogP) is 1.41. The van der Waals surface area contributed by atoms with Gasteiger partial charge in [-0.1, -0.05) is 0 Å². The van der Waals surface area contributed by atoms with Crippen LogP contribution in [-0.4, -0.2) is 9.79 Å². The third-order valence-corrected chi connectivity index (χ3v) is 1.47. The average Bonchev–Trinajstić information content (AvgIpc) is 1.60. The molecule has 0 radical (unpaired) electrons. The van der Waals surface area contributed by atoms with Gasteiger partial charge in [-0.25, -0.2) is 4.57 Å². The zero-order valence-corrected chi connectivity index (χ0v) is 7.05. The molecule has 5 heteroatoms. The molecular formula is C5H11O4P. The maximum Gasteiger partial charge on any atom is 0.524 e. The summed E-state index contributed by atoms with van der Waals surface area (Å²) in [4.78, 5) is 16.6. The van der Waals surface area contributed by atoms with Gasteiger partial charge in [0, 0.05) is 0 Å². The number of hydrogen-bond donors (Lipinski definition) is 2. The summed E-state index contributed by atoms with van der Waals surface area (Å²) in [5.74, 6) is 0.272. The Labute approximate surface area is 59.8 Å². The van der Waals surface area contributed by atoms with E-state index in [0.29, 0.717) is 0 Å². The van der Waals surface area contributed by atoms with Crippen molar-refractivity contribution in [2.45, 2.75) is 20.8 Å². The van der Waals surface area contributed by atoms with Gasteiger partial charge in [0.1, 0.15) is 5.76 Å². The molecule has 60 valence electrons. The first-order valence-corrected chi connectivity index (χ1v) is 4.25. The molecule has 0 saturated carbocycles. The molecule has 10 heavy (non-hydrogen) atoms. The van der Waals surface area contributed by atoms with Crippen LogP contribution < -0.4 is 0 Å². The quantitative estimate of drug-likeness (QED) is 0.480. The van der Waals surface area contributed by atoms with E-state index in [0.717, 1.165) is 5.57 Å². The largest absolute Gasteiger partial charge is 0.524 e. The van der Waals surface area contributed by atoms with Crippen molar-refractivity contribution in [1.29, 1.82) is 0 Å². The SMILES string of the molecule is CC(C)=C(C)OP(=O)(O)O. The fraction of sp³-hybridized carbons (Fsp3) is 0.600. The number of allylic oxidation sites excluding steroid dienone is 2. The van der Waals surface area contributed by atoms with Crippen LogP contribution in [0.3, 0.4) is 0 Å². The van der Waals surface area contributed by atoms with Crippen LogP contribution in [0, 0.1) is 0 Å². The monoisotopic (exact) mass is 166 g/mol. The van der Waals surface area contributed by atoms with Crippen LogP contribution in [0.4, 0.5) is 0 Å². The van der Waals surface area contributed by atoms with Gasteiger partial charge in [0.25, 0.3) is 0 Å². The summed E-state index contributed by atoms with van der Waals surface area (Å²) in [6, 6.07) is 0. The van der Waals surface area contributed by atoms with E-state index in [2.05, 4.69) is 4.52 Å². The van der Waals surface area contributed by atoms with Gasteiger partial charge in [-0.2, -0.15) is 0 Å². The maximum atomic E-state index is 10.2. The lowest BCUT2D eigenvalue weighted by Crippen LogP contribution is -1.87. The second kappa shape index (κ2) is 3.19. The summed E-state index contributed by atoms with van der Waals surface area (Å²) in [5.41, 5.74) is 0.753. The van der Waals surface area contributed by atoms with Crippen LogP contribution in [0.25, 0.3) is 0 Å². The lowest BCUT2D eigenvalue weighted by atomic mass is 10.3. The summed E-state index contributed by atoms with van der Waals surface area (Å²) in [7, 11) is -4.33. The Morgan fingerprint density at radius 3 is 1.80 bits per heavy atom. The number of phosphoric acid groups is 1. The van der Waals surface area contributed by atoms with E-state index in [1.807, 2.05) is 0 Å². The first-order valence-electron chi connectivity index (χ1n) is 2.72. The summed E-state index contributed by atoms with van der Waals surface area (Å²) >= 11 is 0. The molecule has 0 aliphatic rings. The highest BCUT2D eigenvalue weighted by Gasteiger charge is 2.15. The van der Waals surface area contributed by atoms with E-state index in [1.165, 1.54) is 6.92 Å². The molecule has 0 aromatic rings. The summed E-state index contributed by atoms with van der Waals surface area (Å²) in [5, 5.41) is 0. The molecule has 0 fully saturated rings. The normalized spacial score (nSPS) is 10.9. The Kier molecular flexibility index (Phi) is 3.09. The van der Waals surface area contributed by atoms with Crippen LogP contribution in [-0.2, 0) is 9.09 Å². The highest BCUT2D eigenvalue weighted by molar-refractivity contribution is 7.46. The lowest BCUT2D eigenvalue weighted by Gasteiger charge is -2.07. The Hall–Kier alpha value is -0.310. The zero-order valence-electron chi connectivity index (χ0n) is 6.16. The first kappa shape index (κ1) is 9.69. The van der Waals surface area contributed by atoms with Crippen LogP contribution >= 0.6 is 7.82 Å². The van der Waals surface area contributed by atoms with Gasteiger partial charge in [0.2, 0.25) is 0 Å². The molecule has 0 rings (SSSR count). The van der Waals surface area contributed by atoms with Gasteiger partial charge in [0.05, 0.1) is 0 Å². The molecule has 0 aromatic heterocycles. The molecule has 0 atom stereocenters. The molecule has 0 aliphatic carbocycles. The first-order chi connectivity index (χ1) is 4.33. The van der Waals surface area contributed by atoms with E-state index in [9.17, 15) is 4.57 Å². The van der Waals surface area contributed by atoms with Gasteiger partial charge in [-0.3, -0.25) is 9.79 Å². The number of hydrogen-bond acceptors (Lipinski definition) is 2. The molecular weight excluding hydrogens is 155 g/mol. The van der Waals surface area contributed by atoms with Crippen molar-refractivity contribution in [1.82, 2.24) is 0 Å². The highest BCUT2D eigenvalue weighted by atomic mass is 31.2. The van der Waals surface area contributed by atoms with E-state index < -0.39 is 7.82 Å². The fourth-order valence-corrected chi connectivity index (χ4v) is 0.809. The predicted molar refractivity (Wildman–Crippen MR) is 37.2 cm³/mol. The minimum atomic E-state index is -4.33. The van der Waals surface area contributed by atoms with Crippen molar-refractivity contribution < 1.29 is 18.9 Å². The third kappa shape index (κ3) is 4.56. The van der Waals surface area contributed by atoms with Gasteiger partial charge < -0.3 is 4.52 Å². The molecule has 4 nitrogen and oxygen atoms in total. The smallest absolute Gasteiger partial charge is 0.409 e. The van der Waals surface area contributed by atoms with Crippen molar-refractivity contribution >= 4 is 7.82 Å². The molecule has 0 heterocycles. The summed E-state index contributed by atoms with van der Waals surface area (Å²) in [6.45, 7) is 4.93. The molecule has 0 bridgehead atoms. The minimum Gasteiger partial charge on any atom is -0.409 e. The van der Waals surface area contributed by atoms with E-state index in [-0.39, 0.29) is 5.76 Å². The Bertz CT molecular complexity index is 186. The van der Waals surface area contributed by atoms with Crippen molar-refractivity contribution in [3.05, 3.63) is 11.3 Å². The average molecular weight is 166 g/mol. The second-order valence-electron chi connectivity index (χ2n) is 2.14. The maximum absolute atomic E-state index is 10.2. The molecule has 0 unspecified atom stereocenters. The molecule has 0 spiro atoms. The number of rotatable bonds is 2. The molecule has 0 amide bonds. The topological polar surface area (TPSA) is 66.8 Å². The zero-order chi connectivity index (χ0) is 8.36. The Morgan fingerprint density at radius 1 is 1.30 bits per heavy atom. The highest BCUT2D eigenvalue weighted by Crippen LogP contribution is 2.39. The number of phosphoric ester groups is 1. The van der Waals surface area contributed by atoms with Crippen molar-refractivity contribution in [2.24, 2.45) is 0 Å². The van der Waals surface area contributed by atoms with Gasteiger partial charge >= 0.3 is 7.82 Å². The Morgan fingerprint density at radius 2 is 1.70 bits per heavy atom. The molecule has 0 saturated heterocycles. The standard InChI is InChI=1S/C5H11O4P/c1-4(2)5(3)9-10(6,7)8/h1-3H3,(H2,6,7,8). The van der Waals surface area contributed by atoms with Crippen molar-refractivity contribution in [3.8, 4) is 0 Å². The fourth-order valence-electron chi connectivity index (χ4n) is 0.270. The molecule has 2 N–H and O–H groups in total. The molecule has 0 aliphatic heterocycles.